The molecular weight excluding hydrogens is 584 g/mol. The Morgan fingerprint density at radius 3 is 2.62 bits per heavy atom. The van der Waals surface area contributed by atoms with Crippen LogP contribution < -0.4 is 0 Å². The number of furan rings is 1. The molecule has 242 valence electrons. The number of hydrogen-bond acceptors (Lipinski definition) is 7. The molecule has 9 atom stereocenters. The van der Waals surface area contributed by atoms with Crippen molar-refractivity contribution in [2.24, 2.45) is 39.9 Å². The highest BCUT2D eigenvalue weighted by atomic mass is 28.3. The molecule has 0 amide bonds. The molecule has 0 radical (unpaired) electrons. The van der Waals surface area contributed by atoms with E-state index in [1.807, 2.05) is 13.0 Å². The van der Waals surface area contributed by atoms with Crippen LogP contribution in [0.4, 0.5) is 0 Å². The lowest BCUT2D eigenvalue weighted by Gasteiger charge is -2.60. The van der Waals surface area contributed by atoms with Crippen molar-refractivity contribution in [3.8, 4) is 11.5 Å². The molecular formula is C37H48O7Si. The molecule has 2 spiro atoms. The van der Waals surface area contributed by atoms with Crippen LogP contribution in [0.1, 0.15) is 96.0 Å². The van der Waals surface area contributed by atoms with Gasteiger partial charge in [0.2, 0.25) is 0 Å². The summed E-state index contributed by atoms with van der Waals surface area (Å²) in [6.07, 6.45) is 8.65. The van der Waals surface area contributed by atoms with Crippen LogP contribution in [0.25, 0.3) is 0 Å². The highest BCUT2D eigenvalue weighted by molar-refractivity contribution is 6.83. The van der Waals surface area contributed by atoms with Gasteiger partial charge in [0.25, 0.3) is 0 Å². The van der Waals surface area contributed by atoms with E-state index in [1.165, 1.54) is 18.9 Å². The molecule has 7 nitrogen and oxygen atoms in total. The third-order valence-electron chi connectivity index (χ3n) is 13.0. The molecule has 3 heterocycles. The van der Waals surface area contributed by atoms with E-state index in [2.05, 4.69) is 51.0 Å². The van der Waals surface area contributed by atoms with Crippen LogP contribution in [-0.4, -0.2) is 44.6 Å². The first kappa shape index (κ1) is 31.0. The number of fused-ring (bicyclic) bond motifs is 5. The molecule has 7 aliphatic rings. The van der Waals surface area contributed by atoms with Crippen LogP contribution >= 0.6 is 0 Å². The molecule has 8 rings (SSSR count). The first-order chi connectivity index (χ1) is 21.2. The molecule has 1 aromatic rings. The molecule has 2 saturated heterocycles. The second-order valence-electron chi connectivity index (χ2n) is 16.6. The molecule has 0 aromatic carbocycles. The fourth-order valence-corrected chi connectivity index (χ4v) is 10.9. The van der Waals surface area contributed by atoms with E-state index in [0.717, 1.165) is 30.6 Å². The van der Waals surface area contributed by atoms with E-state index >= 15 is 0 Å². The van der Waals surface area contributed by atoms with Gasteiger partial charge < -0.3 is 18.6 Å². The average Bonchev–Trinajstić information content (AvgIpc) is 3.41. The Hall–Kier alpha value is -2.63. The minimum atomic E-state index is -1.53. The van der Waals surface area contributed by atoms with Crippen LogP contribution in [0.3, 0.4) is 0 Å². The maximum atomic E-state index is 14.3. The molecule has 45 heavy (non-hydrogen) atoms. The summed E-state index contributed by atoms with van der Waals surface area (Å²) >= 11 is 0. The van der Waals surface area contributed by atoms with Crippen LogP contribution in [0.5, 0.6) is 0 Å². The number of cyclic esters (lactones) is 1. The molecule has 7 fully saturated rings. The lowest BCUT2D eigenvalue weighted by Crippen LogP contribution is -2.66. The van der Waals surface area contributed by atoms with Gasteiger partial charge in [0, 0.05) is 31.2 Å². The number of hydrogen-bond donors (Lipinski definition) is 0. The van der Waals surface area contributed by atoms with E-state index in [-0.39, 0.29) is 47.9 Å². The van der Waals surface area contributed by atoms with Crippen molar-refractivity contribution < 1.29 is 33.0 Å². The number of carbonyl (C=O) groups excluding carboxylic acids is 3. The van der Waals surface area contributed by atoms with E-state index in [9.17, 15) is 14.4 Å². The van der Waals surface area contributed by atoms with Crippen molar-refractivity contribution in [1.29, 1.82) is 0 Å². The molecule has 2 aliphatic heterocycles. The average molecular weight is 633 g/mol. The molecule has 5 aliphatic carbocycles. The minimum Gasteiger partial charge on any atom is -0.468 e. The van der Waals surface area contributed by atoms with Gasteiger partial charge in [-0.25, -0.2) is 0 Å². The zero-order chi connectivity index (χ0) is 32.2. The molecule has 0 N–H and O–H groups in total. The van der Waals surface area contributed by atoms with Crippen molar-refractivity contribution in [2.45, 2.75) is 110 Å². The highest BCUT2D eigenvalue weighted by Gasteiger charge is 2.78. The number of ether oxygens (including phenoxy) is 3. The smallest absolute Gasteiger partial charge is 0.313 e. The molecule has 1 aromatic heterocycles. The first-order valence-corrected chi connectivity index (χ1v) is 20.5. The summed E-state index contributed by atoms with van der Waals surface area (Å²) < 4.78 is 24.4. The summed E-state index contributed by atoms with van der Waals surface area (Å²) in [6.45, 7) is 15.4. The topological polar surface area (TPSA) is 95.3 Å². The third-order valence-corrected chi connectivity index (χ3v) is 13.9. The van der Waals surface area contributed by atoms with E-state index in [1.54, 1.807) is 6.26 Å². The van der Waals surface area contributed by atoms with Gasteiger partial charge in [-0.05, 0) is 72.5 Å². The Morgan fingerprint density at radius 2 is 1.96 bits per heavy atom. The van der Waals surface area contributed by atoms with Crippen LogP contribution in [-0.2, 0) is 28.6 Å². The highest BCUT2D eigenvalue weighted by Crippen LogP contribution is 2.70. The first-order valence-electron chi connectivity index (χ1n) is 17.0. The summed E-state index contributed by atoms with van der Waals surface area (Å²) in [7, 11) is -1.53. The Balaban J connectivity index is 1.25. The standard InChI is InChI=1S/C37H48O7Si/c1-22-16-31(39)37(21-42-23(2)38)30(11-8-13-35(37)20-43-35)36(22)19-29(44-33(36)40)26-12-14-41-32(26)27-17-24-18-28(34(24,3)4)25(27)10-9-15-45(5,6)7/h10,12,14,22,24,27-30H,8,11,13,16-21H2,1-7H3/b25-10-/t22-,24+,27+,28+,29+,30-,35+,36-,37+/m1/s1. The third kappa shape index (κ3) is 4.42. The van der Waals surface area contributed by atoms with Crippen molar-refractivity contribution in [1.82, 2.24) is 0 Å². The van der Waals surface area contributed by atoms with Gasteiger partial charge in [0.1, 0.15) is 37.9 Å². The summed E-state index contributed by atoms with van der Waals surface area (Å²) in [4.78, 5) is 40.5. The number of epoxide rings is 1. The van der Waals surface area contributed by atoms with Crippen molar-refractivity contribution >= 4 is 25.8 Å². The SMILES string of the molecule is CC(=O)OC[C@@]12C(=O)C[C@@H](C)[C@]3(C[C@@H](c4ccoc4[C@H]4C[C@H]5C[C@@H](/C4=C\C#C[Si](C)(C)C)C5(C)C)OC3=O)[C@H]1CCC[C@]21CO1. The Kier molecular flexibility index (Phi) is 7.01. The van der Waals surface area contributed by atoms with Crippen LogP contribution in [0.2, 0.25) is 19.6 Å². The summed E-state index contributed by atoms with van der Waals surface area (Å²) in [5.41, 5.74) is 3.48. The number of allylic oxidation sites excluding steroid dienone is 2. The second kappa shape index (κ2) is 10.2. The zero-order valence-electron chi connectivity index (χ0n) is 27.9. The monoisotopic (exact) mass is 632 g/mol. The van der Waals surface area contributed by atoms with Gasteiger partial charge >= 0.3 is 11.9 Å². The van der Waals surface area contributed by atoms with Gasteiger partial charge in [0.05, 0.1) is 23.7 Å². The lowest BCUT2D eigenvalue weighted by molar-refractivity contribution is -0.188. The maximum absolute atomic E-state index is 14.3. The quantitative estimate of drug-likeness (QED) is 0.154. The summed E-state index contributed by atoms with van der Waals surface area (Å²) in [5, 5.41) is 0. The van der Waals surface area contributed by atoms with Gasteiger partial charge in [-0.1, -0.05) is 52.8 Å². The molecule has 0 unspecified atom stereocenters. The van der Waals surface area contributed by atoms with Crippen molar-refractivity contribution in [3.63, 3.8) is 0 Å². The minimum absolute atomic E-state index is 0.0392. The van der Waals surface area contributed by atoms with Crippen molar-refractivity contribution in [2.75, 3.05) is 13.2 Å². The Bertz CT molecular complexity index is 1530. The van der Waals surface area contributed by atoms with Crippen LogP contribution in [0, 0.1) is 51.4 Å². The number of esters is 2. The predicted molar refractivity (Wildman–Crippen MR) is 170 cm³/mol. The molecule has 2 bridgehead atoms. The lowest BCUT2D eigenvalue weighted by atomic mass is 9.43. The normalized spacial score (nSPS) is 42.1. The molecule has 5 saturated carbocycles. The number of rotatable bonds is 4. The van der Waals surface area contributed by atoms with Gasteiger partial charge in [-0.15, -0.1) is 5.54 Å². The van der Waals surface area contributed by atoms with Gasteiger partial charge in [-0.2, -0.15) is 0 Å². The Labute approximate surface area is 268 Å². The number of ketones is 1. The summed E-state index contributed by atoms with van der Waals surface area (Å²) in [5.74, 6) is 4.38. The van der Waals surface area contributed by atoms with E-state index in [0.29, 0.717) is 31.3 Å². The predicted octanol–water partition coefficient (Wildman–Crippen LogP) is 6.94. The largest absolute Gasteiger partial charge is 0.468 e. The fourth-order valence-electron chi connectivity index (χ4n) is 10.4. The van der Waals surface area contributed by atoms with E-state index in [4.69, 9.17) is 18.6 Å². The van der Waals surface area contributed by atoms with Crippen molar-refractivity contribution in [3.05, 3.63) is 35.3 Å². The van der Waals surface area contributed by atoms with Crippen LogP contribution in [0.15, 0.2) is 28.4 Å². The fraction of sp³-hybridized carbons (Fsp3) is 0.703. The maximum Gasteiger partial charge on any atom is 0.313 e. The molecule has 8 heteroatoms. The number of Topliss-reactive ketones (excluding diaryl/α,β-unsaturated/α-hetero) is 1. The van der Waals surface area contributed by atoms with Gasteiger partial charge in [0.15, 0.2) is 0 Å². The Morgan fingerprint density at radius 1 is 1.20 bits per heavy atom. The summed E-state index contributed by atoms with van der Waals surface area (Å²) in [6, 6.07) is 1.99. The van der Waals surface area contributed by atoms with E-state index < -0.39 is 36.6 Å². The second-order valence-corrected chi connectivity index (χ2v) is 21.4. The van der Waals surface area contributed by atoms with Gasteiger partial charge in [-0.3, -0.25) is 14.4 Å². The zero-order valence-corrected chi connectivity index (χ0v) is 28.9. The number of carbonyl (C=O) groups is 3.